The van der Waals surface area contributed by atoms with Gasteiger partial charge < -0.3 is 10.1 Å². The van der Waals surface area contributed by atoms with E-state index >= 15 is 0 Å². The van der Waals surface area contributed by atoms with Crippen LogP contribution in [0.4, 0.5) is 4.39 Å². The molecule has 1 aromatic rings. The normalized spacial score (nSPS) is 18.7. The number of halogens is 1. The van der Waals surface area contributed by atoms with Crippen molar-refractivity contribution in [2.45, 2.75) is 25.3 Å². The average molecular weight is 237 g/mol. The topological polar surface area (TPSA) is 38.3 Å². The highest BCUT2D eigenvalue weighted by Gasteiger charge is 2.29. The quantitative estimate of drug-likeness (QED) is 0.855. The van der Waals surface area contributed by atoms with Crippen LogP contribution in [0.1, 0.15) is 30.1 Å². The fourth-order valence-electron chi connectivity index (χ4n) is 1.93. The van der Waals surface area contributed by atoms with Crippen LogP contribution in [0.15, 0.2) is 24.3 Å². The van der Waals surface area contributed by atoms with Crippen molar-refractivity contribution in [2.24, 2.45) is 0 Å². The van der Waals surface area contributed by atoms with E-state index < -0.39 is 5.82 Å². The predicted molar refractivity (Wildman–Crippen MR) is 62.3 cm³/mol. The monoisotopic (exact) mass is 237 g/mol. The number of hydrogen-bond acceptors (Lipinski definition) is 2. The summed E-state index contributed by atoms with van der Waals surface area (Å²) in [5.41, 5.74) is -0.197. The van der Waals surface area contributed by atoms with E-state index in [1.807, 2.05) is 6.92 Å². The van der Waals surface area contributed by atoms with Crippen LogP contribution in [0.5, 0.6) is 0 Å². The fourth-order valence-corrected chi connectivity index (χ4v) is 1.93. The Labute approximate surface area is 100.0 Å². The minimum Gasteiger partial charge on any atom is -0.381 e. The molecule has 4 heteroatoms. The van der Waals surface area contributed by atoms with Crippen molar-refractivity contribution in [3.8, 4) is 0 Å². The minimum atomic E-state index is -0.486. The Morgan fingerprint density at radius 3 is 2.65 bits per heavy atom. The molecule has 0 atom stereocenters. The number of carbonyl (C=O) groups is 1. The molecule has 0 unspecified atom stereocenters. The SMILES string of the molecule is CC1(NC(=O)c2ccccc2F)CCOCC1. The number of benzene rings is 1. The van der Waals surface area contributed by atoms with Gasteiger partial charge in [-0.1, -0.05) is 12.1 Å². The molecule has 0 saturated carbocycles. The van der Waals surface area contributed by atoms with Crippen LogP contribution in [-0.2, 0) is 4.74 Å². The lowest BCUT2D eigenvalue weighted by Crippen LogP contribution is -2.49. The Morgan fingerprint density at radius 2 is 2.00 bits per heavy atom. The van der Waals surface area contributed by atoms with Gasteiger partial charge in [0.25, 0.3) is 5.91 Å². The summed E-state index contributed by atoms with van der Waals surface area (Å²) < 4.78 is 18.7. The van der Waals surface area contributed by atoms with E-state index in [0.29, 0.717) is 13.2 Å². The summed E-state index contributed by atoms with van der Waals surface area (Å²) in [6, 6.07) is 6.02. The van der Waals surface area contributed by atoms with Crippen molar-refractivity contribution in [1.29, 1.82) is 0 Å². The molecule has 1 aliphatic rings. The van der Waals surface area contributed by atoms with E-state index in [1.54, 1.807) is 12.1 Å². The van der Waals surface area contributed by atoms with Gasteiger partial charge in [0.2, 0.25) is 0 Å². The fraction of sp³-hybridized carbons (Fsp3) is 0.462. The molecular formula is C13H16FNO2. The zero-order chi connectivity index (χ0) is 12.3. The molecule has 1 N–H and O–H groups in total. The maximum atomic E-state index is 13.4. The van der Waals surface area contributed by atoms with Crippen LogP contribution in [0.2, 0.25) is 0 Å². The molecule has 0 bridgehead atoms. The second kappa shape index (κ2) is 4.84. The molecule has 1 aliphatic heterocycles. The Kier molecular flexibility index (Phi) is 3.43. The molecule has 0 aliphatic carbocycles. The smallest absolute Gasteiger partial charge is 0.254 e. The largest absolute Gasteiger partial charge is 0.381 e. The van der Waals surface area contributed by atoms with Gasteiger partial charge in [0, 0.05) is 18.8 Å². The van der Waals surface area contributed by atoms with Gasteiger partial charge >= 0.3 is 0 Å². The molecule has 1 fully saturated rings. The number of nitrogens with one attached hydrogen (secondary N) is 1. The Hall–Kier alpha value is -1.42. The Morgan fingerprint density at radius 1 is 1.35 bits per heavy atom. The first-order valence-corrected chi connectivity index (χ1v) is 5.75. The Bertz CT molecular complexity index is 414. The van der Waals surface area contributed by atoms with Gasteiger partial charge in [0.1, 0.15) is 5.82 Å². The first-order valence-electron chi connectivity index (χ1n) is 5.75. The van der Waals surface area contributed by atoms with Crippen molar-refractivity contribution in [3.05, 3.63) is 35.6 Å². The Balaban J connectivity index is 2.09. The summed E-state index contributed by atoms with van der Waals surface area (Å²) in [4.78, 5) is 11.9. The zero-order valence-corrected chi connectivity index (χ0v) is 9.83. The van der Waals surface area contributed by atoms with E-state index in [9.17, 15) is 9.18 Å². The molecule has 17 heavy (non-hydrogen) atoms. The molecule has 0 radical (unpaired) electrons. The molecule has 3 nitrogen and oxygen atoms in total. The molecule has 92 valence electrons. The summed E-state index contributed by atoms with van der Waals surface area (Å²) >= 11 is 0. The van der Waals surface area contributed by atoms with Gasteiger partial charge in [-0.2, -0.15) is 0 Å². The molecule has 1 amide bonds. The summed E-state index contributed by atoms with van der Waals surface area (Å²) in [5, 5.41) is 2.89. The average Bonchev–Trinajstić information content (AvgIpc) is 2.29. The van der Waals surface area contributed by atoms with Gasteiger partial charge in [-0.15, -0.1) is 0 Å². The molecule has 1 heterocycles. The van der Waals surface area contributed by atoms with E-state index in [-0.39, 0.29) is 17.0 Å². The number of amides is 1. The van der Waals surface area contributed by atoms with E-state index in [2.05, 4.69) is 5.32 Å². The number of hydrogen-bond donors (Lipinski definition) is 1. The van der Waals surface area contributed by atoms with Gasteiger partial charge in [0.05, 0.1) is 5.56 Å². The third kappa shape index (κ3) is 2.82. The molecule has 1 saturated heterocycles. The molecule has 2 rings (SSSR count). The summed E-state index contributed by atoms with van der Waals surface area (Å²) in [6.45, 7) is 3.23. The second-order valence-electron chi connectivity index (χ2n) is 4.61. The van der Waals surface area contributed by atoms with Crippen molar-refractivity contribution >= 4 is 5.91 Å². The number of carbonyl (C=O) groups excluding carboxylic acids is 1. The van der Waals surface area contributed by atoms with Crippen LogP contribution in [-0.4, -0.2) is 24.7 Å². The third-order valence-electron chi connectivity index (χ3n) is 3.13. The maximum absolute atomic E-state index is 13.4. The highest BCUT2D eigenvalue weighted by atomic mass is 19.1. The van der Waals surface area contributed by atoms with Gasteiger partial charge in [0.15, 0.2) is 0 Å². The molecule has 0 spiro atoms. The molecular weight excluding hydrogens is 221 g/mol. The van der Waals surface area contributed by atoms with Crippen molar-refractivity contribution < 1.29 is 13.9 Å². The van der Waals surface area contributed by atoms with Crippen LogP contribution in [0, 0.1) is 5.82 Å². The van der Waals surface area contributed by atoms with E-state index in [0.717, 1.165) is 12.8 Å². The van der Waals surface area contributed by atoms with Crippen molar-refractivity contribution in [1.82, 2.24) is 5.32 Å². The molecule has 1 aromatic carbocycles. The first-order chi connectivity index (χ1) is 8.11. The third-order valence-corrected chi connectivity index (χ3v) is 3.13. The van der Waals surface area contributed by atoms with Gasteiger partial charge in [-0.3, -0.25) is 4.79 Å². The summed E-state index contributed by atoms with van der Waals surface area (Å²) in [7, 11) is 0. The molecule has 0 aromatic heterocycles. The first kappa shape index (κ1) is 12.0. The number of rotatable bonds is 2. The van der Waals surface area contributed by atoms with Gasteiger partial charge in [-0.05, 0) is 31.9 Å². The van der Waals surface area contributed by atoms with Crippen molar-refractivity contribution in [2.75, 3.05) is 13.2 Å². The predicted octanol–water partition coefficient (Wildman–Crippen LogP) is 2.12. The zero-order valence-electron chi connectivity index (χ0n) is 9.83. The van der Waals surface area contributed by atoms with Crippen LogP contribution >= 0.6 is 0 Å². The minimum absolute atomic E-state index is 0.0974. The summed E-state index contributed by atoms with van der Waals surface area (Å²) in [6.07, 6.45) is 1.51. The lowest BCUT2D eigenvalue weighted by molar-refractivity contribution is 0.0422. The maximum Gasteiger partial charge on any atom is 0.254 e. The second-order valence-corrected chi connectivity index (χ2v) is 4.61. The highest BCUT2D eigenvalue weighted by molar-refractivity contribution is 5.94. The lowest BCUT2D eigenvalue weighted by Gasteiger charge is -2.34. The van der Waals surface area contributed by atoms with E-state index in [4.69, 9.17) is 4.74 Å². The van der Waals surface area contributed by atoms with Crippen LogP contribution in [0.3, 0.4) is 0 Å². The van der Waals surface area contributed by atoms with Crippen molar-refractivity contribution in [3.63, 3.8) is 0 Å². The standard InChI is InChI=1S/C13H16FNO2/c1-13(6-8-17-9-7-13)15-12(16)10-4-2-3-5-11(10)14/h2-5H,6-9H2,1H3,(H,15,16). The van der Waals surface area contributed by atoms with Crippen LogP contribution < -0.4 is 5.32 Å². The highest BCUT2D eigenvalue weighted by Crippen LogP contribution is 2.20. The van der Waals surface area contributed by atoms with E-state index in [1.165, 1.54) is 12.1 Å². The lowest BCUT2D eigenvalue weighted by atomic mass is 9.92. The summed E-state index contributed by atoms with van der Waals surface area (Å²) in [5.74, 6) is -0.840. The number of ether oxygens (including phenoxy) is 1. The van der Waals surface area contributed by atoms with Crippen LogP contribution in [0.25, 0.3) is 0 Å². The van der Waals surface area contributed by atoms with Gasteiger partial charge in [-0.25, -0.2) is 4.39 Å².